The third-order valence-corrected chi connectivity index (χ3v) is 4.13. The minimum absolute atomic E-state index is 0.147. The molecule has 0 aliphatic heterocycles. The second-order valence-electron chi connectivity index (χ2n) is 5.17. The van der Waals surface area contributed by atoms with Crippen LogP contribution in [0.15, 0.2) is 0 Å². The van der Waals surface area contributed by atoms with Crippen molar-refractivity contribution in [3.05, 3.63) is 21.7 Å². The van der Waals surface area contributed by atoms with Crippen molar-refractivity contribution in [1.29, 1.82) is 0 Å². The molecule has 0 fully saturated rings. The number of halogens is 1. The molecule has 1 rings (SSSR count). The van der Waals surface area contributed by atoms with Crippen LogP contribution in [0.1, 0.15) is 55.1 Å². The van der Waals surface area contributed by atoms with Gasteiger partial charge in [0.2, 0.25) is 6.41 Å². The number of nitrogens with zero attached hydrogens (tertiary/aromatic N) is 1. The standard InChI is InChI=1S/C17H24ClNO5/c1-5-8-9-24-16-13(17(21)23-4)11(6-2)15(19(22)10-20)12(7-3)14(16)18/h10,22H,5-9H2,1-4H3. The first-order chi connectivity index (χ1) is 11.5. The Labute approximate surface area is 147 Å². The molecule has 1 amide bonds. The van der Waals surface area contributed by atoms with Crippen molar-refractivity contribution in [2.45, 2.75) is 46.5 Å². The average Bonchev–Trinajstić information content (AvgIpc) is 2.60. The highest BCUT2D eigenvalue weighted by molar-refractivity contribution is 6.34. The van der Waals surface area contributed by atoms with Gasteiger partial charge >= 0.3 is 5.97 Å². The number of hydroxylamine groups is 1. The molecule has 0 aromatic heterocycles. The van der Waals surface area contributed by atoms with Crippen LogP contribution in [0.4, 0.5) is 5.69 Å². The first-order valence-electron chi connectivity index (χ1n) is 7.99. The van der Waals surface area contributed by atoms with E-state index in [0.29, 0.717) is 35.6 Å². The van der Waals surface area contributed by atoms with Gasteiger partial charge in [0, 0.05) is 5.56 Å². The molecule has 0 aliphatic rings. The number of methoxy groups -OCH3 is 1. The Morgan fingerprint density at radius 3 is 2.33 bits per heavy atom. The SMILES string of the molecule is CCCCOc1c(Cl)c(CC)c(N(O)C=O)c(CC)c1C(=O)OC. The number of esters is 1. The zero-order valence-electron chi connectivity index (χ0n) is 14.5. The third-order valence-electron chi connectivity index (χ3n) is 3.73. The summed E-state index contributed by atoms with van der Waals surface area (Å²) in [4.78, 5) is 23.4. The van der Waals surface area contributed by atoms with Crippen molar-refractivity contribution in [2.75, 3.05) is 18.8 Å². The van der Waals surface area contributed by atoms with E-state index in [1.165, 1.54) is 7.11 Å². The zero-order valence-corrected chi connectivity index (χ0v) is 15.3. The second-order valence-corrected chi connectivity index (χ2v) is 5.55. The molecule has 6 nitrogen and oxygen atoms in total. The maximum Gasteiger partial charge on any atom is 0.342 e. The molecule has 134 valence electrons. The Hall–Kier alpha value is -1.79. The van der Waals surface area contributed by atoms with Crippen molar-refractivity contribution in [3.63, 3.8) is 0 Å². The van der Waals surface area contributed by atoms with Gasteiger partial charge in [0.25, 0.3) is 0 Å². The van der Waals surface area contributed by atoms with Crippen molar-refractivity contribution in [2.24, 2.45) is 0 Å². The molecular weight excluding hydrogens is 334 g/mol. The number of hydrogen-bond donors (Lipinski definition) is 1. The summed E-state index contributed by atoms with van der Waals surface area (Å²) in [7, 11) is 1.26. The summed E-state index contributed by atoms with van der Waals surface area (Å²) in [5.41, 5.74) is 1.36. The van der Waals surface area contributed by atoms with Crippen molar-refractivity contribution in [3.8, 4) is 5.75 Å². The number of hydrogen-bond acceptors (Lipinski definition) is 5. The minimum atomic E-state index is -0.622. The molecule has 24 heavy (non-hydrogen) atoms. The maximum absolute atomic E-state index is 12.3. The van der Waals surface area contributed by atoms with Crippen molar-refractivity contribution < 1.29 is 24.3 Å². The highest BCUT2D eigenvalue weighted by Crippen LogP contribution is 2.43. The van der Waals surface area contributed by atoms with E-state index < -0.39 is 5.97 Å². The van der Waals surface area contributed by atoms with Crippen LogP contribution in [0.3, 0.4) is 0 Å². The van der Waals surface area contributed by atoms with E-state index >= 15 is 0 Å². The van der Waals surface area contributed by atoms with Crippen LogP contribution in [-0.2, 0) is 22.4 Å². The average molecular weight is 358 g/mol. The molecule has 0 bridgehead atoms. The van der Waals surface area contributed by atoms with Gasteiger partial charge in [0.1, 0.15) is 5.56 Å². The summed E-state index contributed by atoms with van der Waals surface area (Å²) in [6.45, 7) is 6.09. The van der Waals surface area contributed by atoms with Crippen LogP contribution >= 0.6 is 11.6 Å². The van der Waals surface area contributed by atoms with Gasteiger partial charge < -0.3 is 9.47 Å². The molecule has 0 heterocycles. The van der Waals surface area contributed by atoms with Gasteiger partial charge in [-0.25, -0.2) is 4.79 Å². The second kappa shape index (κ2) is 9.49. The fourth-order valence-corrected chi connectivity index (χ4v) is 2.93. The fourth-order valence-electron chi connectivity index (χ4n) is 2.56. The summed E-state index contributed by atoms with van der Waals surface area (Å²) in [5, 5.41) is 10.6. The number of benzene rings is 1. The monoisotopic (exact) mass is 357 g/mol. The molecule has 1 N–H and O–H groups in total. The molecule has 0 aliphatic carbocycles. The van der Waals surface area contributed by atoms with Crippen molar-refractivity contribution >= 4 is 29.7 Å². The normalized spacial score (nSPS) is 10.4. The van der Waals surface area contributed by atoms with Gasteiger partial charge in [-0.05, 0) is 24.8 Å². The van der Waals surface area contributed by atoms with Crippen LogP contribution in [-0.4, -0.2) is 31.3 Å². The number of rotatable bonds is 9. The van der Waals surface area contributed by atoms with E-state index in [0.717, 1.165) is 12.8 Å². The van der Waals surface area contributed by atoms with Crippen LogP contribution in [0, 0.1) is 0 Å². The molecule has 1 aromatic rings. The van der Waals surface area contributed by atoms with E-state index in [2.05, 4.69) is 0 Å². The topological polar surface area (TPSA) is 76.1 Å². The number of carbonyl (C=O) groups excluding carboxylic acids is 2. The van der Waals surface area contributed by atoms with E-state index in [1.807, 2.05) is 20.8 Å². The van der Waals surface area contributed by atoms with E-state index in [9.17, 15) is 14.8 Å². The first-order valence-corrected chi connectivity index (χ1v) is 8.37. The number of ether oxygens (including phenoxy) is 2. The van der Waals surface area contributed by atoms with Crippen LogP contribution in [0.5, 0.6) is 5.75 Å². The van der Waals surface area contributed by atoms with E-state index in [-0.39, 0.29) is 28.4 Å². The lowest BCUT2D eigenvalue weighted by atomic mass is 9.95. The maximum atomic E-state index is 12.3. The number of amides is 1. The lowest BCUT2D eigenvalue weighted by Crippen LogP contribution is -2.22. The molecule has 0 atom stereocenters. The Kier molecular flexibility index (Phi) is 8.01. The summed E-state index contributed by atoms with van der Waals surface area (Å²) in [6.07, 6.45) is 2.85. The van der Waals surface area contributed by atoms with Gasteiger partial charge in [-0.15, -0.1) is 0 Å². The fraction of sp³-hybridized carbons (Fsp3) is 0.529. The molecular formula is C17H24ClNO5. The Morgan fingerprint density at radius 2 is 1.88 bits per heavy atom. The quantitative estimate of drug-likeness (QED) is 0.239. The smallest absolute Gasteiger partial charge is 0.342 e. The van der Waals surface area contributed by atoms with Crippen LogP contribution in [0.2, 0.25) is 5.02 Å². The number of carbonyl (C=O) groups is 2. The van der Waals surface area contributed by atoms with E-state index in [4.69, 9.17) is 21.1 Å². The lowest BCUT2D eigenvalue weighted by molar-refractivity contribution is -0.111. The molecule has 0 spiro atoms. The lowest BCUT2D eigenvalue weighted by Gasteiger charge is -2.24. The van der Waals surface area contributed by atoms with Gasteiger partial charge in [0.15, 0.2) is 5.75 Å². The predicted octanol–water partition coefficient (Wildman–Crippen LogP) is 3.78. The summed E-state index contributed by atoms with van der Waals surface area (Å²) < 4.78 is 10.6. The molecule has 1 aromatic carbocycles. The van der Waals surface area contributed by atoms with Gasteiger partial charge in [-0.3, -0.25) is 10.0 Å². The summed E-state index contributed by atoms with van der Waals surface area (Å²) in [6, 6.07) is 0. The third kappa shape index (κ3) is 3.99. The Bertz CT molecular complexity index is 603. The molecule has 7 heteroatoms. The van der Waals surface area contributed by atoms with Gasteiger partial charge in [-0.2, -0.15) is 5.06 Å². The summed E-state index contributed by atoms with van der Waals surface area (Å²) in [5.74, 6) is -0.378. The number of anilines is 1. The Morgan fingerprint density at radius 1 is 1.25 bits per heavy atom. The highest BCUT2D eigenvalue weighted by Gasteiger charge is 2.29. The Balaban J connectivity index is 3.74. The van der Waals surface area contributed by atoms with Crippen LogP contribution in [0.25, 0.3) is 0 Å². The van der Waals surface area contributed by atoms with E-state index in [1.54, 1.807) is 0 Å². The van der Waals surface area contributed by atoms with Crippen LogP contribution < -0.4 is 9.80 Å². The molecule has 0 saturated carbocycles. The number of unbranched alkanes of at least 4 members (excludes halogenated alkanes) is 1. The van der Waals surface area contributed by atoms with Gasteiger partial charge in [-0.1, -0.05) is 38.8 Å². The summed E-state index contributed by atoms with van der Waals surface area (Å²) >= 11 is 6.44. The molecule has 0 unspecified atom stereocenters. The first kappa shape index (κ1) is 20.3. The molecule has 0 radical (unpaired) electrons. The predicted molar refractivity (Wildman–Crippen MR) is 92.3 cm³/mol. The highest BCUT2D eigenvalue weighted by atomic mass is 35.5. The molecule has 0 saturated heterocycles. The zero-order chi connectivity index (χ0) is 18.3. The van der Waals surface area contributed by atoms with Gasteiger partial charge in [0.05, 0.1) is 24.4 Å². The van der Waals surface area contributed by atoms with Crippen molar-refractivity contribution in [1.82, 2.24) is 0 Å². The minimum Gasteiger partial charge on any atom is -0.491 e. The largest absolute Gasteiger partial charge is 0.491 e.